The number of alkyl halides is 3. The van der Waals surface area contributed by atoms with Gasteiger partial charge >= 0.3 is 12.1 Å². The van der Waals surface area contributed by atoms with Gasteiger partial charge in [0.25, 0.3) is 5.56 Å². The fourth-order valence-corrected chi connectivity index (χ4v) is 2.93. The Balaban J connectivity index is 0.000000339. The molecule has 1 N–H and O–H groups in total. The standard InChI is InChI=1S/C16H17N7O.C2HF3O2/c24-16-8-13(9-22-12-17-11-19-22)20-15-10-21(6-3-7-23(15)16)14-4-1-2-5-18-14;3-2(4,5)1(6)7/h1-2,4-5,8,11-12H,3,6-7,9-10H2;(H,6,7). The zero-order chi connectivity index (χ0) is 22.4. The minimum atomic E-state index is -5.08. The molecule has 0 fully saturated rings. The molecule has 1 aliphatic rings. The predicted molar refractivity (Wildman–Crippen MR) is 101 cm³/mol. The van der Waals surface area contributed by atoms with Crippen molar-refractivity contribution < 1.29 is 23.1 Å². The Bertz CT molecular complexity index is 1070. The van der Waals surface area contributed by atoms with Crippen LogP contribution < -0.4 is 10.5 Å². The van der Waals surface area contributed by atoms with E-state index in [1.54, 1.807) is 27.8 Å². The normalized spacial score (nSPS) is 13.6. The lowest BCUT2D eigenvalue weighted by molar-refractivity contribution is -0.192. The molecule has 0 amide bonds. The van der Waals surface area contributed by atoms with E-state index in [9.17, 15) is 18.0 Å². The van der Waals surface area contributed by atoms with E-state index in [0.29, 0.717) is 25.3 Å². The number of fused-ring (bicyclic) bond motifs is 1. The molecule has 164 valence electrons. The summed E-state index contributed by atoms with van der Waals surface area (Å²) in [7, 11) is 0. The zero-order valence-electron chi connectivity index (χ0n) is 16.1. The quantitative estimate of drug-likeness (QED) is 0.652. The summed E-state index contributed by atoms with van der Waals surface area (Å²) in [4.78, 5) is 36.5. The van der Waals surface area contributed by atoms with Crippen LogP contribution in [0.25, 0.3) is 0 Å². The van der Waals surface area contributed by atoms with Crippen molar-refractivity contribution >= 4 is 11.8 Å². The Hall–Kier alpha value is -3.77. The van der Waals surface area contributed by atoms with E-state index in [1.807, 2.05) is 18.2 Å². The highest BCUT2D eigenvalue weighted by Gasteiger charge is 2.38. The Kier molecular flexibility index (Phi) is 6.62. The molecule has 0 aliphatic carbocycles. The number of hydrogen-bond donors (Lipinski definition) is 1. The number of carboxylic acid groups (broad SMARTS) is 1. The summed E-state index contributed by atoms with van der Waals surface area (Å²) in [6, 6.07) is 7.43. The molecule has 0 aromatic carbocycles. The minimum absolute atomic E-state index is 0.0158. The molecular weight excluding hydrogens is 419 g/mol. The number of nitrogens with zero attached hydrogens (tertiary/aromatic N) is 7. The maximum absolute atomic E-state index is 12.5. The molecule has 0 spiro atoms. The van der Waals surface area contributed by atoms with Crippen molar-refractivity contribution in [2.24, 2.45) is 0 Å². The first kappa shape index (κ1) is 21.9. The summed E-state index contributed by atoms with van der Waals surface area (Å²) in [5.41, 5.74) is 0.678. The Morgan fingerprint density at radius 2 is 2.00 bits per heavy atom. The van der Waals surface area contributed by atoms with Gasteiger partial charge in [0, 0.05) is 25.4 Å². The number of pyridine rings is 1. The molecule has 4 rings (SSSR count). The molecule has 3 aromatic rings. The molecule has 0 bridgehead atoms. The van der Waals surface area contributed by atoms with Gasteiger partial charge in [-0.2, -0.15) is 18.3 Å². The third-order valence-corrected chi connectivity index (χ3v) is 4.29. The third-order valence-electron chi connectivity index (χ3n) is 4.29. The average Bonchev–Trinajstić information content (AvgIpc) is 3.12. The van der Waals surface area contributed by atoms with E-state index >= 15 is 0 Å². The first-order chi connectivity index (χ1) is 14.7. The van der Waals surface area contributed by atoms with Gasteiger partial charge in [0.15, 0.2) is 0 Å². The van der Waals surface area contributed by atoms with Crippen LogP contribution in [0.15, 0.2) is 47.9 Å². The summed E-state index contributed by atoms with van der Waals surface area (Å²) in [6.07, 6.45) is 0.666. The van der Waals surface area contributed by atoms with Gasteiger partial charge < -0.3 is 10.0 Å². The van der Waals surface area contributed by atoms with Crippen molar-refractivity contribution in [1.29, 1.82) is 0 Å². The molecule has 0 radical (unpaired) electrons. The predicted octanol–water partition coefficient (Wildman–Crippen LogP) is 1.32. The van der Waals surface area contributed by atoms with E-state index < -0.39 is 12.1 Å². The second-order valence-electron chi connectivity index (χ2n) is 6.51. The van der Waals surface area contributed by atoms with Gasteiger partial charge in [0.05, 0.1) is 18.8 Å². The van der Waals surface area contributed by atoms with Crippen LogP contribution in [0.5, 0.6) is 0 Å². The second kappa shape index (κ2) is 9.36. The van der Waals surface area contributed by atoms with Crippen LogP contribution in [0.1, 0.15) is 17.9 Å². The molecule has 13 heteroatoms. The lowest BCUT2D eigenvalue weighted by atomic mass is 10.3. The fraction of sp³-hybridized carbons (Fsp3) is 0.333. The summed E-state index contributed by atoms with van der Waals surface area (Å²) >= 11 is 0. The van der Waals surface area contributed by atoms with E-state index in [2.05, 4.69) is 25.0 Å². The number of aliphatic carboxylic acids is 1. The molecule has 10 nitrogen and oxygen atoms in total. The minimum Gasteiger partial charge on any atom is -0.475 e. The molecule has 3 aromatic heterocycles. The van der Waals surface area contributed by atoms with Crippen molar-refractivity contribution in [1.82, 2.24) is 29.3 Å². The van der Waals surface area contributed by atoms with Gasteiger partial charge in [-0.3, -0.25) is 9.36 Å². The van der Waals surface area contributed by atoms with E-state index in [4.69, 9.17) is 9.90 Å². The summed E-state index contributed by atoms with van der Waals surface area (Å²) in [6.45, 7) is 2.52. The van der Waals surface area contributed by atoms with E-state index in [-0.39, 0.29) is 5.56 Å². The first-order valence-corrected chi connectivity index (χ1v) is 9.12. The Labute approximate surface area is 173 Å². The number of aromatic nitrogens is 6. The second-order valence-corrected chi connectivity index (χ2v) is 6.51. The molecular formula is C18H18F3N7O3. The van der Waals surface area contributed by atoms with Crippen LogP contribution in [0.2, 0.25) is 0 Å². The van der Waals surface area contributed by atoms with Crippen molar-refractivity contribution in [3.63, 3.8) is 0 Å². The number of rotatable bonds is 3. The van der Waals surface area contributed by atoms with Crippen LogP contribution in [-0.2, 0) is 24.4 Å². The molecule has 1 aliphatic heterocycles. The van der Waals surface area contributed by atoms with Crippen LogP contribution in [-0.4, -0.2) is 53.1 Å². The van der Waals surface area contributed by atoms with E-state index in [0.717, 1.165) is 24.6 Å². The van der Waals surface area contributed by atoms with Crippen molar-refractivity contribution in [3.8, 4) is 0 Å². The van der Waals surface area contributed by atoms with Crippen molar-refractivity contribution in [2.75, 3.05) is 11.4 Å². The van der Waals surface area contributed by atoms with E-state index in [1.165, 1.54) is 6.33 Å². The molecule has 0 atom stereocenters. The van der Waals surface area contributed by atoms with Crippen molar-refractivity contribution in [2.45, 2.75) is 32.2 Å². The third kappa shape index (κ3) is 5.87. The van der Waals surface area contributed by atoms with Crippen LogP contribution in [0.4, 0.5) is 19.0 Å². The summed E-state index contributed by atoms with van der Waals surface area (Å²) < 4.78 is 35.2. The van der Waals surface area contributed by atoms with Crippen LogP contribution >= 0.6 is 0 Å². The number of halogens is 3. The zero-order valence-corrected chi connectivity index (χ0v) is 16.1. The molecule has 0 saturated heterocycles. The van der Waals surface area contributed by atoms with Crippen LogP contribution in [0.3, 0.4) is 0 Å². The molecule has 0 unspecified atom stereocenters. The smallest absolute Gasteiger partial charge is 0.475 e. The highest BCUT2D eigenvalue weighted by Crippen LogP contribution is 2.16. The lowest BCUT2D eigenvalue weighted by Crippen LogP contribution is -2.28. The van der Waals surface area contributed by atoms with Gasteiger partial charge in [0.2, 0.25) is 0 Å². The number of anilines is 1. The largest absolute Gasteiger partial charge is 0.490 e. The Morgan fingerprint density at radius 1 is 1.23 bits per heavy atom. The maximum atomic E-state index is 12.5. The van der Waals surface area contributed by atoms with Crippen molar-refractivity contribution in [3.05, 3.63) is 65.0 Å². The molecule has 0 saturated carbocycles. The van der Waals surface area contributed by atoms with Gasteiger partial charge in [-0.05, 0) is 18.6 Å². The van der Waals surface area contributed by atoms with Gasteiger partial charge in [0.1, 0.15) is 24.3 Å². The summed E-state index contributed by atoms with van der Waals surface area (Å²) in [5, 5.41) is 11.2. The molecule has 4 heterocycles. The number of hydrogen-bond acceptors (Lipinski definition) is 7. The number of carbonyl (C=O) groups is 1. The Morgan fingerprint density at radius 3 is 2.61 bits per heavy atom. The number of carboxylic acids is 1. The first-order valence-electron chi connectivity index (χ1n) is 9.12. The van der Waals surface area contributed by atoms with Gasteiger partial charge in [-0.1, -0.05) is 6.07 Å². The maximum Gasteiger partial charge on any atom is 0.490 e. The average molecular weight is 437 g/mol. The monoisotopic (exact) mass is 437 g/mol. The molecule has 31 heavy (non-hydrogen) atoms. The SMILES string of the molecule is O=C(O)C(F)(F)F.O=c1cc(Cn2cncn2)nc2n1CCCN(c1ccccn1)C2. The van der Waals surface area contributed by atoms with Crippen LogP contribution in [0, 0.1) is 0 Å². The summed E-state index contributed by atoms with van der Waals surface area (Å²) in [5.74, 6) is -1.09. The van der Waals surface area contributed by atoms with Gasteiger partial charge in [-0.25, -0.2) is 24.4 Å². The topological polar surface area (TPSA) is 119 Å². The highest BCUT2D eigenvalue weighted by atomic mass is 19.4. The lowest BCUT2D eigenvalue weighted by Gasteiger charge is -2.21. The highest BCUT2D eigenvalue weighted by molar-refractivity contribution is 5.73. The fourth-order valence-electron chi connectivity index (χ4n) is 2.93. The van der Waals surface area contributed by atoms with Gasteiger partial charge in [-0.15, -0.1) is 0 Å².